The van der Waals surface area contributed by atoms with E-state index in [1.807, 2.05) is 22.6 Å². The number of carboxylic acid groups (broad SMARTS) is 1. The first-order chi connectivity index (χ1) is 20.1. The summed E-state index contributed by atoms with van der Waals surface area (Å²) in [5.41, 5.74) is 0.605. The molecule has 0 aromatic carbocycles. The molecule has 244 valence electrons. The van der Waals surface area contributed by atoms with Gasteiger partial charge in [0.2, 0.25) is 5.95 Å². The Kier molecular flexibility index (Phi) is 11.9. The molecule has 3 N–H and O–H groups in total. The van der Waals surface area contributed by atoms with Crippen LogP contribution >= 0.6 is 11.8 Å². The van der Waals surface area contributed by atoms with E-state index in [1.54, 1.807) is 25.5 Å². The Morgan fingerprint density at radius 2 is 1.81 bits per heavy atom. The summed E-state index contributed by atoms with van der Waals surface area (Å²) in [5.74, 6) is 1.11. The van der Waals surface area contributed by atoms with E-state index in [-0.39, 0.29) is 11.6 Å². The van der Waals surface area contributed by atoms with Crippen LogP contribution in [0.15, 0.2) is 6.20 Å². The van der Waals surface area contributed by atoms with Crippen molar-refractivity contribution in [2.24, 2.45) is 5.92 Å². The number of nitrogens with zero attached hydrogens (tertiary/aromatic N) is 6. The molecule has 0 aliphatic carbocycles. The number of aliphatic carboxylic acids is 1. The number of halogens is 3. The van der Waals surface area contributed by atoms with Gasteiger partial charge in [-0.05, 0) is 57.0 Å². The number of ether oxygens (including phenoxy) is 1. The molecular weight excluding hydrogens is 613 g/mol. The number of thioether (sulfide) groups is 1. The van der Waals surface area contributed by atoms with Crippen LogP contribution < -0.4 is 10.6 Å². The minimum Gasteiger partial charge on any atom is -0.475 e. The third-order valence-corrected chi connectivity index (χ3v) is 10.4. The lowest BCUT2D eigenvalue weighted by atomic mass is 9.96. The molecule has 4 heterocycles. The zero-order valence-electron chi connectivity index (χ0n) is 25.0. The van der Waals surface area contributed by atoms with Gasteiger partial charge < -0.3 is 20.5 Å². The van der Waals surface area contributed by atoms with Crippen molar-refractivity contribution in [1.29, 1.82) is 0 Å². The molecule has 4 rings (SSSR count). The first kappa shape index (κ1) is 35.1. The third kappa shape index (κ3) is 9.06. The molecule has 43 heavy (non-hydrogen) atoms. The van der Waals surface area contributed by atoms with Gasteiger partial charge in [-0.1, -0.05) is 0 Å². The van der Waals surface area contributed by atoms with E-state index in [4.69, 9.17) is 24.6 Å². The number of hydrogen-bond donors (Lipinski definition) is 3. The summed E-state index contributed by atoms with van der Waals surface area (Å²) >= 11 is 1.97. The molecule has 2 aliphatic heterocycles. The first-order valence-corrected chi connectivity index (χ1v) is 16.5. The Balaban J connectivity index is 0.000000646. The second kappa shape index (κ2) is 14.6. The number of hydrogen-bond acceptors (Lipinski definition) is 10. The van der Waals surface area contributed by atoms with Crippen molar-refractivity contribution >= 4 is 50.7 Å². The molecule has 0 amide bonds. The summed E-state index contributed by atoms with van der Waals surface area (Å²) in [6.07, 6.45) is 0.359. The van der Waals surface area contributed by atoms with Crippen LogP contribution in [0.3, 0.4) is 0 Å². The molecule has 13 nitrogen and oxygen atoms in total. The summed E-state index contributed by atoms with van der Waals surface area (Å²) in [6.45, 7) is 6.60. The Morgan fingerprint density at radius 3 is 2.33 bits per heavy atom. The van der Waals surface area contributed by atoms with Gasteiger partial charge in [0.05, 0.1) is 17.2 Å². The summed E-state index contributed by atoms with van der Waals surface area (Å²) in [7, 11) is 1.59. The molecule has 2 aliphatic rings. The van der Waals surface area contributed by atoms with Crippen molar-refractivity contribution in [3.63, 3.8) is 0 Å². The Hall–Kier alpha value is -2.41. The lowest BCUT2D eigenvalue weighted by molar-refractivity contribution is -0.192. The molecule has 0 bridgehead atoms. The molecule has 0 atom stereocenters. The van der Waals surface area contributed by atoms with Gasteiger partial charge in [-0.3, -0.25) is 0 Å². The monoisotopic (exact) mass is 654 g/mol. The van der Waals surface area contributed by atoms with Crippen molar-refractivity contribution in [2.45, 2.75) is 57.3 Å². The molecule has 18 heteroatoms. The minimum atomic E-state index is -5.08. The highest BCUT2D eigenvalue weighted by molar-refractivity contribution is 7.99. The van der Waals surface area contributed by atoms with Gasteiger partial charge in [-0.2, -0.15) is 57.0 Å². The summed E-state index contributed by atoms with van der Waals surface area (Å²) < 4.78 is 67.3. The maximum absolute atomic E-state index is 12.4. The van der Waals surface area contributed by atoms with Crippen LogP contribution in [0.1, 0.15) is 45.6 Å². The van der Waals surface area contributed by atoms with Gasteiger partial charge in [0.15, 0.2) is 5.65 Å². The highest BCUT2D eigenvalue weighted by Crippen LogP contribution is 2.32. The van der Waals surface area contributed by atoms with E-state index in [1.165, 1.54) is 4.31 Å². The smallest absolute Gasteiger partial charge is 0.475 e. The van der Waals surface area contributed by atoms with E-state index in [0.717, 1.165) is 54.0 Å². The molecule has 0 saturated carbocycles. The maximum Gasteiger partial charge on any atom is 0.490 e. The number of methoxy groups -OCH3 is 1. The number of alkyl halides is 3. The SMILES string of the molecule is COC1(CNc2nc(NCC3CCN(S(=O)(=O)N(C)C)CC3)nc3c2cnn3C(C)C)CCSCC1.O=C(O)C(F)(F)F. The molecular formula is C25H41F3N8O5S2. The third-order valence-electron chi connectivity index (χ3n) is 7.51. The van der Waals surface area contributed by atoms with Crippen molar-refractivity contribution in [3.05, 3.63) is 6.20 Å². The van der Waals surface area contributed by atoms with Gasteiger partial charge in [0.25, 0.3) is 10.2 Å². The fourth-order valence-corrected chi connectivity index (χ4v) is 7.14. The molecule has 0 radical (unpaired) electrons. The first-order valence-electron chi connectivity index (χ1n) is 13.9. The summed E-state index contributed by atoms with van der Waals surface area (Å²) in [4.78, 5) is 18.5. The van der Waals surface area contributed by atoms with Crippen molar-refractivity contribution in [2.75, 3.05) is 69.5 Å². The fraction of sp³-hybridized carbons (Fsp3) is 0.760. The second-order valence-electron chi connectivity index (χ2n) is 11.0. The quantitative estimate of drug-likeness (QED) is 0.346. The van der Waals surface area contributed by atoms with Crippen LogP contribution in [0.25, 0.3) is 11.0 Å². The molecule has 2 saturated heterocycles. The van der Waals surface area contributed by atoms with Crippen molar-refractivity contribution < 1.29 is 36.2 Å². The topological polar surface area (TPSA) is 155 Å². The zero-order chi connectivity index (χ0) is 32.0. The van der Waals surface area contributed by atoms with Crippen LogP contribution in [-0.2, 0) is 19.7 Å². The number of carboxylic acids is 1. The Bertz CT molecular complexity index is 1330. The van der Waals surface area contributed by atoms with Crippen LogP contribution in [-0.4, -0.2) is 119 Å². The maximum atomic E-state index is 12.4. The lowest BCUT2D eigenvalue weighted by Crippen LogP contribution is -2.45. The molecule has 0 unspecified atom stereocenters. The number of rotatable bonds is 10. The number of carbonyl (C=O) groups is 1. The second-order valence-corrected chi connectivity index (χ2v) is 14.4. The standard InChI is InChI=1S/C23H40N8O3S2.C2HF3O2/c1-17(2)31-21-19(15-26-31)20(25-16-23(34-5)8-12-35-13-9-23)27-22(28-21)24-14-18-6-10-30(11-7-18)36(32,33)29(3)4;3-2(4,5)1(6)7/h15,17-18H,6-14,16H2,1-5H3,(H2,24,25,27,28);(H,6,7). The van der Waals surface area contributed by atoms with E-state index in [2.05, 4.69) is 29.6 Å². The molecule has 2 aromatic rings. The van der Waals surface area contributed by atoms with Crippen LogP contribution in [0, 0.1) is 5.92 Å². The predicted octanol–water partition coefficient (Wildman–Crippen LogP) is 3.29. The van der Waals surface area contributed by atoms with Gasteiger partial charge >= 0.3 is 12.1 Å². The number of fused-ring (bicyclic) bond motifs is 1. The van der Waals surface area contributed by atoms with Crippen LogP contribution in [0.2, 0.25) is 0 Å². The number of anilines is 2. The molecule has 0 spiro atoms. The Morgan fingerprint density at radius 1 is 1.21 bits per heavy atom. The van der Waals surface area contributed by atoms with Gasteiger partial charge in [-0.25, -0.2) is 9.48 Å². The molecule has 2 fully saturated rings. The van der Waals surface area contributed by atoms with Crippen LogP contribution in [0.4, 0.5) is 24.9 Å². The average molecular weight is 655 g/mol. The fourth-order valence-electron chi connectivity index (χ4n) is 4.77. The predicted molar refractivity (Wildman–Crippen MR) is 160 cm³/mol. The Labute approximate surface area is 254 Å². The van der Waals surface area contributed by atoms with E-state index in [9.17, 15) is 21.6 Å². The van der Waals surface area contributed by atoms with Crippen molar-refractivity contribution in [1.82, 2.24) is 28.4 Å². The highest BCUT2D eigenvalue weighted by atomic mass is 32.2. The highest BCUT2D eigenvalue weighted by Gasteiger charge is 2.38. The van der Waals surface area contributed by atoms with Gasteiger partial charge in [0.1, 0.15) is 5.82 Å². The molecule has 2 aromatic heterocycles. The minimum absolute atomic E-state index is 0.168. The average Bonchev–Trinajstić information content (AvgIpc) is 3.40. The van der Waals surface area contributed by atoms with Crippen molar-refractivity contribution in [3.8, 4) is 0 Å². The summed E-state index contributed by atoms with van der Waals surface area (Å²) in [6, 6.07) is 0.168. The lowest BCUT2D eigenvalue weighted by Gasteiger charge is -2.36. The number of nitrogens with one attached hydrogen (secondary N) is 2. The number of piperidine rings is 1. The van der Waals surface area contributed by atoms with E-state index in [0.29, 0.717) is 38.0 Å². The number of aromatic nitrogens is 4. The van der Waals surface area contributed by atoms with E-state index >= 15 is 0 Å². The van der Waals surface area contributed by atoms with Crippen LogP contribution in [0.5, 0.6) is 0 Å². The summed E-state index contributed by atoms with van der Waals surface area (Å²) in [5, 5.41) is 19.6. The van der Waals surface area contributed by atoms with E-state index < -0.39 is 22.4 Å². The largest absolute Gasteiger partial charge is 0.490 e. The normalized spacial score (nSPS) is 18.5. The van der Waals surface area contributed by atoms with Gasteiger partial charge in [-0.15, -0.1) is 0 Å². The van der Waals surface area contributed by atoms with Gasteiger partial charge in [0, 0.05) is 53.4 Å². The zero-order valence-corrected chi connectivity index (χ0v) is 26.6.